The molecule has 0 saturated heterocycles. The van der Waals surface area contributed by atoms with Crippen LogP contribution in [-0.2, 0) is 4.79 Å². The van der Waals surface area contributed by atoms with E-state index in [1.54, 1.807) is 31.1 Å². The molecule has 0 aliphatic carbocycles. The van der Waals surface area contributed by atoms with E-state index in [1.807, 2.05) is 72.3 Å². The normalized spacial score (nSPS) is 11.8. The Morgan fingerprint density at radius 3 is 2.32 bits per heavy atom. The summed E-state index contributed by atoms with van der Waals surface area (Å²) in [4.78, 5) is 29.7. The largest absolute Gasteiger partial charge is 0.343 e. The fourth-order valence-corrected chi connectivity index (χ4v) is 3.60. The monoisotopic (exact) mass is 413 g/mol. The predicted octanol–water partition coefficient (Wildman–Crippen LogP) is 3.73. The first-order valence-corrected chi connectivity index (χ1v) is 10.0. The van der Waals surface area contributed by atoms with Crippen LogP contribution in [-0.4, -0.2) is 31.0 Å². The maximum absolute atomic E-state index is 12.9. The first kappa shape index (κ1) is 20.3. The van der Waals surface area contributed by atoms with Crippen molar-refractivity contribution in [3.05, 3.63) is 95.8 Å². The average molecular weight is 413 g/mol. The van der Waals surface area contributed by atoms with Gasteiger partial charge in [-0.15, -0.1) is 0 Å². The number of nitrogens with one attached hydrogen (secondary N) is 1. The highest BCUT2D eigenvalue weighted by molar-refractivity contribution is 6.43. The first-order valence-electron chi connectivity index (χ1n) is 10.0. The van der Waals surface area contributed by atoms with Gasteiger partial charge in [-0.3, -0.25) is 9.59 Å². The summed E-state index contributed by atoms with van der Waals surface area (Å²) in [5, 5.41) is 7.27. The number of hydrogen-bond acceptors (Lipinski definition) is 4. The summed E-state index contributed by atoms with van der Waals surface area (Å²) in [6.45, 7) is 5.39. The van der Waals surface area contributed by atoms with Crippen molar-refractivity contribution in [2.45, 2.75) is 26.8 Å². The summed E-state index contributed by atoms with van der Waals surface area (Å²) >= 11 is 0. The zero-order chi connectivity index (χ0) is 22.0. The second kappa shape index (κ2) is 8.39. The predicted molar refractivity (Wildman–Crippen MR) is 117 cm³/mol. The third-order valence-corrected chi connectivity index (χ3v) is 5.27. The van der Waals surface area contributed by atoms with Crippen LogP contribution in [0, 0.1) is 13.8 Å². The Balaban J connectivity index is 1.50. The van der Waals surface area contributed by atoms with E-state index in [2.05, 4.69) is 15.4 Å². The van der Waals surface area contributed by atoms with Gasteiger partial charge in [0.2, 0.25) is 0 Å². The molecule has 0 spiro atoms. The number of ketones is 1. The highest BCUT2D eigenvalue weighted by Crippen LogP contribution is 2.20. The molecule has 1 atom stereocenters. The van der Waals surface area contributed by atoms with Crippen molar-refractivity contribution in [1.82, 2.24) is 24.6 Å². The van der Waals surface area contributed by atoms with Crippen molar-refractivity contribution in [1.29, 1.82) is 0 Å². The Kier molecular flexibility index (Phi) is 5.49. The van der Waals surface area contributed by atoms with Gasteiger partial charge in [0.05, 0.1) is 35.0 Å². The molecular formula is C24H23N5O2. The second-order valence-corrected chi connectivity index (χ2v) is 7.38. The lowest BCUT2D eigenvalue weighted by molar-refractivity contribution is -0.117. The fraction of sp³-hybridized carbons (Fsp3) is 0.167. The maximum Gasteiger partial charge on any atom is 0.293 e. The van der Waals surface area contributed by atoms with E-state index in [1.165, 1.54) is 0 Å². The quantitative estimate of drug-likeness (QED) is 0.386. The number of aryl methyl sites for hydroxylation is 1. The molecule has 2 heterocycles. The van der Waals surface area contributed by atoms with E-state index >= 15 is 0 Å². The minimum atomic E-state index is -0.648. The molecule has 0 radical (unpaired) electrons. The van der Waals surface area contributed by atoms with Crippen molar-refractivity contribution in [3.8, 4) is 11.4 Å². The molecule has 1 unspecified atom stereocenters. The van der Waals surface area contributed by atoms with Crippen molar-refractivity contribution >= 4 is 11.7 Å². The number of rotatable bonds is 6. The van der Waals surface area contributed by atoms with Crippen molar-refractivity contribution in [3.63, 3.8) is 0 Å². The van der Waals surface area contributed by atoms with Gasteiger partial charge >= 0.3 is 0 Å². The van der Waals surface area contributed by atoms with Crippen LogP contribution >= 0.6 is 0 Å². The molecule has 2 aromatic carbocycles. The minimum absolute atomic E-state index is 0.321. The molecule has 0 aliphatic heterocycles. The van der Waals surface area contributed by atoms with Crippen molar-refractivity contribution in [2.24, 2.45) is 0 Å². The lowest BCUT2D eigenvalue weighted by Crippen LogP contribution is -2.33. The first-order chi connectivity index (χ1) is 15.0. The van der Waals surface area contributed by atoms with Gasteiger partial charge in [0, 0.05) is 18.1 Å². The Labute approximate surface area is 180 Å². The SMILES string of the molecule is Cc1nn(-c2ccccc2)c(C)c1C(=O)C(=O)NC(C)c1ccc(-n2ccnc2)cc1. The number of aromatic nitrogens is 4. The highest BCUT2D eigenvalue weighted by atomic mass is 16.2. The summed E-state index contributed by atoms with van der Waals surface area (Å²) < 4.78 is 3.58. The third kappa shape index (κ3) is 4.02. The topological polar surface area (TPSA) is 81.8 Å². The Hall–Kier alpha value is -4.00. The molecule has 31 heavy (non-hydrogen) atoms. The van der Waals surface area contributed by atoms with Gasteiger partial charge in [0.1, 0.15) is 0 Å². The molecule has 156 valence electrons. The number of para-hydroxylation sites is 1. The van der Waals surface area contributed by atoms with Crippen LogP contribution in [0.15, 0.2) is 73.3 Å². The number of hydrogen-bond donors (Lipinski definition) is 1. The molecule has 4 rings (SSSR count). The number of nitrogens with zero attached hydrogens (tertiary/aromatic N) is 4. The Morgan fingerprint density at radius 2 is 1.68 bits per heavy atom. The minimum Gasteiger partial charge on any atom is -0.343 e. The maximum atomic E-state index is 12.9. The van der Waals surface area contributed by atoms with Gasteiger partial charge in [0.25, 0.3) is 11.7 Å². The lowest BCUT2D eigenvalue weighted by atomic mass is 10.1. The molecule has 1 N–H and O–H groups in total. The zero-order valence-electron chi connectivity index (χ0n) is 17.6. The summed E-state index contributed by atoms with van der Waals surface area (Å²) in [6, 6.07) is 16.9. The summed E-state index contributed by atoms with van der Waals surface area (Å²) in [5.41, 5.74) is 4.21. The molecule has 0 aliphatic rings. The second-order valence-electron chi connectivity index (χ2n) is 7.38. The standard InChI is InChI=1S/C24H23N5O2/c1-16(19-9-11-20(12-10-19)28-14-13-25-15-28)26-24(31)23(30)22-17(2)27-29(18(22)3)21-7-5-4-6-8-21/h4-16H,1-3H3,(H,26,31). The molecule has 1 amide bonds. The van der Waals surface area contributed by atoms with E-state index in [4.69, 9.17) is 0 Å². The Bertz CT molecular complexity index is 1210. The molecule has 4 aromatic rings. The average Bonchev–Trinajstić information content (AvgIpc) is 3.42. The Morgan fingerprint density at radius 1 is 0.968 bits per heavy atom. The molecular weight excluding hydrogens is 390 g/mol. The summed E-state index contributed by atoms with van der Waals surface area (Å²) in [6.07, 6.45) is 5.30. The van der Waals surface area contributed by atoms with E-state index in [9.17, 15) is 9.59 Å². The number of amides is 1. The van der Waals surface area contributed by atoms with Crippen LogP contribution in [0.1, 0.15) is 40.3 Å². The van der Waals surface area contributed by atoms with E-state index < -0.39 is 11.7 Å². The van der Waals surface area contributed by atoms with Gasteiger partial charge < -0.3 is 9.88 Å². The van der Waals surface area contributed by atoms with Gasteiger partial charge in [0.15, 0.2) is 0 Å². The van der Waals surface area contributed by atoms with Gasteiger partial charge in [-0.1, -0.05) is 30.3 Å². The van der Waals surface area contributed by atoms with Crippen LogP contribution in [0.2, 0.25) is 0 Å². The molecule has 0 bridgehead atoms. The van der Waals surface area contributed by atoms with Crippen LogP contribution < -0.4 is 5.32 Å². The smallest absolute Gasteiger partial charge is 0.293 e. The fourth-order valence-electron chi connectivity index (χ4n) is 3.60. The lowest BCUT2D eigenvalue weighted by Gasteiger charge is -2.14. The van der Waals surface area contributed by atoms with Crippen LogP contribution in [0.25, 0.3) is 11.4 Å². The molecule has 2 aromatic heterocycles. The third-order valence-electron chi connectivity index (χ3n) is 5.27. The number of carbonyl (C=O) groups excluding carboxylic acids is 2. The van der Waals surface area contributed by atoms with Crippen molar-refractivity contribution in [2.75, 3.05) is 0 Å². The van der Waals surface area contributed by atoms with E-state index in [0.717, 1.165) is 16.9 Å². The van der Waals surface area contributed by atoms with Crippen LogP contribution in [0.5, 0.6) is 0 Å². The van der Waals surface area contributed by atoms with Gasteiger partial charge in [-0.2, -0.15) is 5.10 Å². The van der Waals surface area contributed by atoms with Gasteiger partial charge in [-0.25, -0.2) is 9.67 Å². The van der Waals surface area contributed by atoms with E-state index in [0.29, 0.717) is 17.0 Å². The number of carbonyl (C=O) groups is 2. The van der Waals surface area contributed by atoms with Gasteiger partial charge in [-0.05, 0) is 50.6 Å². The zero-order valence-corrected chi connectivity index (χ0v) is 17.6. The highest BCUT2D eigenvalue weighted by Gasteiger charge is 2.26. The number of benzene rings is 2. The molecule has 7 nitrogen and oxygen atoms in total. The molecule has 7 heteroatoms. The summed E-state index contributed by atoms with van der Waals surface area (Å²) in [5.74, 6) is -1.23. The number of imidazole rings is 1. The summed E-state index contributed by atoms with van der Waals surface area (Å²) in [7, 11) is 0. The van der Waals surface area contributed by atoms with E-state index in [-0.39, 0.29) is 6.04 Å². The van der Waals surface area contributed by atoms with Crippen LogP contribution in [0.4, 0.5) is 0 Å². The number of Topliss-reactive ketones (excluding diaryl/α,β-unsaturated/α-hetero) is 1. The van der Waals surface area contributed by atoms with Crippen LogP contribution in [0.3, 0.4) is 0 Å². The van der Waals surface area contributed by atoms with Crippen molar-refractivity contribution < 1.29 is 9.59 Å². The molecule has 0 saturated carbocycles. The molecule has 0 fully saturated rings.